The molecule has 0 amide bonds. The molecule has 4 rings (SSSR count). The van der Waals surface area contributed by atoms with Gasteiger partial charge in [-0.15, -0.1) is 0 Å². The summed E-state index contributed by atoms with van der Waals surface area (Å²) in [5.41, 5.74) is 9.89. The average molecular weight is 515 g/mol. The van der Waals surface area contributed by atoms with Gasteiger partial charge in [0.1, 0.15) is 11.6 Å². The van der Waals surface area contributed by atoms with Crippen molar-refractivity contribution in [3.63, 3.8) is 0 Å². The summed E-state index contributed by atoms with van der Waals surface area (Å²) in [6, 6.07) is 3.59. The van der Waals surface area contributed by atoms with Crippen LogP contribution in [0.4, 0.5) is 27.4 Å². The maximum Gasteiger partial charge on any atom is 0.229 e. The quantitative estimate of drug-likeness (QED) is 0.303. The molecule has 9 nitrogen and oxygen atoms in total. The summed E-state index contributed by atoms with van der Waals surface area (Å²) in [5.74, 6) is 0.576. The zero-order valence-corrected chi connectivity index (χ0v) is 21.9. The summed E-state index contributed by atoms with van der Waals surface area (Å²) >= 11 is 0. The third-order valence-electron chi connectivity index (χ3n) is 5.83. The van der Waals surface area contributed by atoms with E-state index in [9.17, 15) is 4.39 Å². The Morgan fingerprint density at radius 1 is 1.21 bits per heavy atom. The van der Waals surface area contributed by atoms with Crippen LogP contribution in [0, 0.1) is 12.7 Å². The fraction of sp³-hybridized carbons (Fsp3) is 0.179. The molecule has 0 spiro atoms. The molecule has 0 saturated carbocycles. The van der Waals surface area contributed by atoms with E-state index >= 15 is 0 Å². The van der Waals surface area contributed by atoms with Crippen molar-refractivity contribution in [1.82, 2.24) is 19.4 Å². The summed E-state index contributed by atoms with van der Waals surface area (Å²) in [6.45, 7) is 6.29. The predicted molar refractivity (Wildman–Crippen MR) is 151 cm³/mol. The van der Waals surface area contributed by atoms with Crippen molar-refractivity contribution in [2.75, 3.05) is 31.4 Å². The first-order valence-corrected chi connectivity index (χ1v) is 11.9. The van der Waals surface area contributed by atoms with Crippen LogP contribution < -0.4 is 20.7 Å². The van der Waals surface area contributed by atoms with Crippen LogP contribution in [0.5, 0.6) is 5.75 Å². The molecule has 2 aromatic heterocycles. The van der Waals surface area contributed by atoms with E-state index in [0.29, 0.717) is 23.7 Å². The van der Waals surface area contributed by atoms with Crippen molar-refractivity contribution in [2.24, 2.45) is 10.7 Å². The predicted octanol–water partition coefficient (Wildman–Crippen LogP) is 5.11. The lowest BCUT2D eigenvalue weighted by Gasteiger charge is -2.19. The van der Waals surface area contributed by atoms with Crippen molar-refractivity contribution in [3.8, 4) is 11.6 Å². The molecule has 3 heterocycles. The molecule has 3 N–H and O–H groups in total. The number of aryl methyl sites for hydroxylation is 1. The number of allylic oxidation sites excluding steroid dienone is 4. The Kier molecular flexibility index (Phi) is 7.91. The van der Waals surface area contributed by atoms with Crippen molar-refractivity contribution in [2.45, 2.75) is 13.5 Å². The molecule has 1 aromatic carbocycles. The van der Waals surface area contributed by atoms with Crippen molar-refractivity contribution >= 4 is 28.8 Å². The Hall–Kier alpha value is -4.86. The van der Waals surface area contributed by atoms with Crippen molar-refractivity contribution < 1.29 is 9.13 Å². The van der Waals surface area contributed by atoms with E-state index in [-0.39, 0.29) is 17.6 Å². The standard InChI is InChI=1S/C28H31FN8O/c1-6-26(30)32-22-13-23(25(38-5)14-24(22)35(3)4)33-28-31-15-21(29)27(34-28)37-16-19(2)20(18-37)17-36-11-9-7-8-10-12-36/h6-16,18H,1,17H2,2-5H3,(H2,30,32)(H,31,33,34). The van der Waals surface area contributed by atoms with Gasteiger partial charge in [-0.1, -0.05) is 18.7 Å². The molecule has 0 radical (unpaired) electrons. The molecule has 0 atom stereocenters. The Morgan fingerprint density at radius 3 is 2.61 bits per heavy atom. The van der Waals surface area contributed by atoms with Crippen LogP contribution >= 0.6 is 0 Å². The number of ether oxygens (including phenoxy) is 1. The first kappa shape index (κ1) is 26.2. The van der Waals surface area contributed by atoms with E-state index in [1.165, 1.54) is 6.08 Å². The van der Waals surface area contributed by atoms with Gasteiger partial charge in [-0.05, 0) is 42.3 Å². The minimum atomic E-state index is -0.546. The van der Waals surface area contributed by atoms with Gasteiger partial charge in [0.15, 0.2) is 11.6 Å². The molecule has 0 aliphatic carbocycles. The van der Waals surface area contributed by atoms with Crippen LogP contribution in [-0.4, -0.2) is 46.5 Å². The monoisotopic (exact) mass is 514 g/mol. The number of aromatic nitrogens is 3. The van der Waals surface area contributed by atoms with E-state index in [1.807, 2.05) is 81.1 Å². The molecule has 0 bridgehead atoms. The number of nitrogens with one attached hydrogen (secondary N) is 1. The molecule has 0 unspecified atom stereocenters. The van der Waals surface area contributed by atoms with Gasteiger partial charge in [-0.2, -0.15) is 4.98 Å². The first-order chi connectivity index (χ1) is 18.3. The molecule has 1 aliphatic rings. The summed E-state index contributed by atoms with van der Waals surface area (Å²) in [6.07, 6.45) is 18.2. The van der Waals surface area contributed by atoms with E-state index < -0.39 is 5.82 Å². The van der Waals surface area contributed by atoms with Crippen LogP contribution in [0.1, 0.15) is 11.1 Å². The average Bonchev–Trinajstić information content (AvgIpc) is 3.07. The lowest BCUT2D eigenvalue weighted by atomic mass is 10.2. The molecule has 1 aliphatic heterocycles. The lowest BCUT2D eigenvalue weighted by molar-refractivity contribution is 0.417. The lowest BCUT2D eigenvalue weighted by Crippen LogP contribution is -2.12. The fourth-order valence-corrected chi connectivity index (χ4v) is 3.86. The van der Waals surface area contributed by atoms with Gasteiger partial charge in [0.05, 0.1) is 30.4 Å². The van der Waals surface area contributed by atoms with Crippen LogP contribution in [0.25, 0.3) is 5.82 Å². The molecule has 38 heavy (non-hydrogen) atoms. The van der Waals surface area contributed by atoms with Crippen LogP contribution in [0.15, 0.2) is 85.1 Å². The number of aliphatic imine (C=N–C) groups is 1. The highest BCUT2D eigenvalue weighted by Crippen LogP contribution is 2.39. The van der Waals surface area contributed by atoms with E-state index in [2.05, 4.69) is 31.8 Å². The second-order valence-corrected chi connectivity index (χ2v) is 8.78. The van der Waals surface area contributed by atoms with Gasteiger partial charge in [0.2, 0.25) is 5.95 Å². The number of benzene rings is 1. The summed E-state index contributed by atoms with van der Waals surface area (Å²) in [7, 11) is 5.35. The highest BCUT2D eigenvalue weighted by Gasteiger charge is 2.16. The molecule has 196 valence electrons. The van der Waals surface area contributed by atoms with Crippen LogP contribution in [0.2, 0.25) is 0 Å². The van der Waals surface area contributed by atoms with Gasteiger partial charge in [-0.25, -0.2) is 14.4 Å². The van der Waals surface area contributed by atoms with Crippen LogP contribution in [0.3, 0.4) is 0 Å². The minimum absolute atomic E-state index is 0.124. The second-order valence-electron chi connectivity index (χ2n) is 8.78. The molecule has 0 fully saturated rings. The summed E-state index contributed by atoms with van der Waals surface area (Å²) in [5, 5.41) is 3.14. The number of hydrogen-bond donors (Lipinski definition) is 2. The zero-order valence-electron chi connectivity index (χ0n) is 21.9. The number of rotatable bonds is 9. The molecular weight excluding hydrogens is 483 g/mol. The van der Waals surface area contributed by atoms with Gasteiger partial charge < -0.3 is 30.2 Å². The summed E-state index contributed by atoms with van der Waals surface area (Å²) in [4.78, 5) is 17.0. The molecular formula is C28H31FN8O. The number of nitrogens with zero attached hydrogens (tertiary/aromatic N) is 6. The van der Waals surface area contributed by atoms with Crippen LogP contribution in [-0.2, 0) is 6.54 Å². The number of amidine groups is 1. The molecule has 0 saturated heterocycles. The zero-order chi connectivity index (χ0) is 27.2. The number of nitrogens with two attached hydrogens (primary N) is 1. The van der Waals surface area contributed by atoms with Crippen molar-refractivity contribution in [3.05, 3.63) is 97.0 Å². The first-order valence-electron chi connectivity index (χ1n) is 11.9. The third-order valence-corrected chi connectivity index (χ3v) is 5.83. The highest BCUT2D eigenvalue weighted by molar-refractivity contribution is 5.95. The van der Waals surface area contributed by atoms with Gasteiger partial charge >= 0.3 is 0 Å². The van der Waals surface area contributed by atoms with Gasteiger partial charge in [-0.3, -0.25) is 0 Å². The smallest absolute Gasteiger partial charge is 0.229 e. The Labute approximate surface area is 221 Å². The summed E-state index contributed by atoms with van der Waals surface area (Å²) < 4.78 is 22.2. The van der Waals surface area contributed by atoms with E-state index in [1.54, 1.807) is 17.7 Å². The van der Waals surface area contributed by atoms with Gasteiger partial charge in [0, 0.05) is 51.5 Å². The highest BCUT2D eigenvalue weighted by atomic mass is 19.1. The van der Waals surface area contributed by atoms with E-state index in [4.69, 9.17) is 10.5 Å². The number of anilines is 3. The van der Waals surface area contributed by atoms with Crippen molar-refractivity contribution in [1.29, 1.82) is 0 Å². The topological polar surface area (TPSA) is 96.8 Å². The Balaban J connectivity index is 1.67. The number of hydrogen-bond acceptors (Lipinski definition) is 7. The SMILES string of the molecule is C=CC(N)=Nc1cc(Nc2ncc(F)c(-n3cc(C)c(CN4C=CC=CC=C4)c3)n2)c(OC)cc1N(C)C. The van der Waals surface area contributed by atoms with E-state index in [0.717, 1.165) is 23.0 Å². The third kappa shape index (κ3) is 5.92. The maximum absolute atomic E-state index is 14.9. The number of methoxy groups -OCH3 is 1. The number of halogens is 1. The molecule has 10 heteroatoms. The minimum Gasteiger partial charge on any atom is -0.494 e. The maximum atomic E-state index is 14.9. The second kappa shape index (κ2) is 11.5. The Morgan fingerprint density at radius 2 is 1.95 bits per heavy atom. The fourth-order valence-electron chi connectivity index (χ4n) is 3.86. The largest absolute Gasteiger partial charge is 0.494 e. The normalized spacial score (nSPS) is 13.0. The van der Waals surface area contributed by atoms with Gasteiger partial charge in [0.25, 0.3) is 0 Å². The molecule has 3 aromatic rings. The Bertz CT molecular complexity index is 1440.